The fraction of sp³-hybridized carbons (Fsp3) is 0.292. The number of hydrazone groups is 1. The lowest BCUT2D eigenvalue weighted by molar-refractivity contribution is -0.172. The molecule has 174 valence electrons. The van der Waals surface area contributed by atoms with Crippen molar-refractivity contribution < 1.29 is 19.4 Å². The normalized spacial score (nSPS) is 19.5. The third kappa shape index (κ3) is 3.14. The van der Waals surface area contributed by atoms with Crippen molar-refractivity contribution in [2.24, 2.45) is 10.8 Å². The lowest BCUT2D eigenvalue weighted by Crippen LogP contribution is -2.44. The molecule has 0 spiro atoms. The summed E-state index contributed by atoms with van der Waals surface area (Å²) in [4.78, 5) is 42.4. The fourth-order valence-electron chi connectivity index (χ4n) is 4.47. The zero-order valence-corrected chi connectivity index (χ0v) is 18.7. The molecule has 1 unspecified atom stereocenters. The van der Waals surface area contributed by atoms with Crippen molar-refractivity contribution in [3.05, 3.63) is 62.9 Å². The van der Waals surface area contributed by atoms with Crippen molar-refractivity contribution in [1.29, 1.82) is 0 Å². The number of carbonyl (C=O) groups is 2. The van der Waals surface area contributed by atoms with Gasteiger partial charge in [-0.05, 0) is 25.5 Å². The number of para-hydroxylation sites is 1. The molecule has 0 fully saturated rings. The molecule has 4 heterocycles. The predicted octanol–water partition coefficient (Wildman–Crippen LogP) is 0.877. The van der Waals surface area contributed by atoms with Crippen molar-refractivity contribution in [2.75, 3.05) is 0 Å². The number of fused-ring (bicyclic) bond motifs is 5. The minimum atomic E-state index is -1.89. The summed E-state index contributed by atoms with van der Waals surface area (Å²) in [6, 6.07) is 8.39. The first-order valence-electron chi connectivity index (χ1n) is 10.9. The Morgan fingerprint density at radius 3 is 2.88 bits per heavy atom. The molecule has 2 aromatic heterocycles. The lowest BCUT2D eigenvalue weighted by atomic mass is 9.86. The number of aromatic nitrogens is 2. The second-order valence-electron chi connectivity index (χ2n) is 8.50. The van der Waals surface area contributed by atoms with Crippen LogP contribution in [0.5, 0.6) is 0 Å². The third-order valence-corrected chi connectivity index (χ3v) is 6.42. The van der Waals surface area contributed by atoms with Gasteiger partial charge in [-0.1, -0.05) is 25.1 Å². The molecule has 0 saturated carbocycles. The van der Waals surface area contributed by atoms with Crippen LogP contribution in [0.2, 0.25) is 0 Å². The molecule has 0 bridgehead atoms. The van der Waals surface area contributed by atoms with Gasteiger partial charge in [-0.2, -0.15) is 5.10 Å². The summed E-state index contributed by atoms with van der Waals surface area (Å²) in [6.45, 7) is 3.24. The maximum atomic E-state index is 13.4. The van der Waals surface area contributed by atoms with Crippen molar-refractivity contribution in [3.63, 3.8) is 0 Å². The lowest BCUT2D eigenvalue weighted by Gasteiger charge is -2.31. The average Bonchev–Trinajstić information content (AvgIpc) is 3.20. The maximum Gasteiger partial charge on any atom is 0.343 e. The van der Waals surface area contributed by atoms with Crippen LogP contribution in [0.1, 0.15) is 42.5 Å². The number of amides is 1. The van der Waals surface area contributed by atoms with Crippen LogP contribution in [0.4, 0.5) is 0 Å². The Kier molecular flexibility index (Phi) is 5.07. The highest BCUT2D eigenvalue weighted by molar-refractivity contribution is 6.02. The molecule has 4 N–H and O–H groups in total. The van der Waals surface area contributed by atoms with Crippen LogP contribution >= 0.6 is 0 Å². The monoisotopic (exact) mass is 461 g/mol. The van der Waals surface area contributed by atoms with Crippen molar-refractivity contribution >= 4 is 29.0 Å². The number of benzene rings is 1. The molecule has 10 heteroatoms. The Labute approximate surface area is 194 Å². The SMILES string of the molecule is CC[C@@]1(O)C(=O)OCc2c1cc1n(c2=O)Cc2c-1nc1ccccc1c2/C=N/NC(=O)C(C)N. The van der Waals surface area contributed by atoms with E-state index in [0.717, 1.165) is 10.9 Å². The van der Waals surface area contributed by atoms with Crippen LogP contribution in [0, 0.1) is 0 Å². The summed E-state index contributed by atoms with van der Waals surface area (Å²) in [7, 11) is 0. The topological polar surface area (TPSA) is 149 Å². The smallest absolute Gasteiger partial charge is 0.343 e. The van der Waals surface area contributed by atoms with Crippen molar-refractivity contribution in [1.82, 2.24) is 15.0 Å². The summed E-state index contributed by atoms with van der Waals surface area (Å²) < 4.78 is 6.68. The van der Waals surface area contributed by atoms with Crippen LogP contribution in [-0.2, 0) is 33.1 Å². The van der Waals surface area contributed by atoms with Crippen molar-refractivity contribution in [3.8, 4) is 11.4 Å². The maximum absolute atomic E-state index is 13.4. The largest absolute Gasteiger partial charge is 0.458 e. The number of esters is 1. The number of hydrogen-bond donors (Lipinski definition) is 3. The number of cyclic esters (lactones) is 1. The van der Waals surface area contributed by atoms with E-state index in [0.29, 0.717) is 22.5 Å². The molecule has 5 rings (SSSR count). The van der Waals surface area contributed by atoms with Gasteiger partial charge in [0.05, 0.1) is 41.3 Å². The highest BCUT2D eigenvalue weighted by Crippen LogP contribution is 2.39. The third-order valence-electron chi connectivity index (χ3n) is 6.42. The molecule has 0 aliphatic carbocycles. The first-order valence-corrected chi connectivity index (χ1v) is 10.9. The first kappa shape index (κ1) is 21.9. The fourth-order valence-corrected chi connectivity index (χ4v) is 4.47. The number of rotatable bonds is 4. The zero-order chi connectivity index (χ0) is 24.2. The molecule has 1 amide bonds. The van der Waals surface area contributed by atoms with Gasteiger partial charge in [0.15, 0.2) is 5.60 Å². The summed E-state index contributed by atoms with van der Waals surface area (Å²) in [5.74, 6) is -1.20. The highest BCUT2D eigenvalue weighted by Gasteiger charge is 2.45. The van der Waals surface area contributed by atoms with E-state index in [1.165, 1.54) is 6.21 Å². The Morgan fingerprint density at radius 2 is 2.15 bits per heavy atom. The molecule has 10 nitrogen and oxygen atoms in total. The Hall–Kier alpha value is -3.89. The van der Waals surface area contributed by atoms with Gasteiger partial charge in [-0.25, -0.2) is 15.2 Å². The molecule has 1 aromatic carbocycles. The molecule has 2 atom stereocenters. The van der Waals surface area contributed by atoms with Gasteiger partial charge >= 0.3 is 5.97 Å². The second-order valence-corrected chi connectivity index (χ2v) is 8.50. The zero-order valence-electron chi connectivity index (χ0n) is 18.7. The van der Waals surface area contributed by atoms with E-state index in [9.17, 15) is 19.5 Å². The van der Waals surface area contributed by atoms with Gasteiger partial charge in [0.25, 0.3) is 11.5 Å². The van der Waals surface area contributed by atoms with E-state index in [4.69, 9.17) is 15.5 Å². The molecule has 2 aliphatic heterocycles. The van der Waals surface area contributed by atoms with Crippen LogP contribution in [0.15, 0.2) is 40.2 Å². The van der Waals surface area contributed by atoms with Crippen molar-refractivity contribution in [2.45, 2.75) is 45.1 Å². The van der Waals surface area contributed by atoms with Crippen LogP contribution in [0.3, 0.4) is 0 Å². The summed E-state index contributed by atoms with van der Waals surface area (Å²) in [5.41, 5.74) is 9.43. The van der Waals surface area contributed by atoms with Gasteiger partial charge in [0.2, 0.25) is 0 Å². The van der Waals surface area contributed by atoms with E-state index in [-0.39, 0.29) is 36.3 Å². The van der Waals surface area contributed by atoms with E-state index in [2.05, 4.69) is 10.5 Å². The van der Waals surface area contributed by atoms with Gasteiger partial charge < -0.3 is 20.1 Å². The minimum absolute atomic E-state index is 0.0664. The number of nitrogens with one attached hydrogen (secondary N) is 1. The number of aliphatic hydroxyl groups is 1. The highest BCUT2D eigenvalue weighted by atomic mass is 16.6. The Bertz CT molecular complexity index is 1460. The summed E-state index contributed by atoms with van der Waals surface area (Å²) >= 11 is 0. The number of nitrogens with zero attached hydrogens (tertiary/aromatic N) is 3. The molecule has 0 radical (unpaired) electrons. The number of hydrogen-bond acceptors (Lipinski definition) is 8. The minimum Gasteiger partial charge on any atom is -0.458 e. The first-order chi connectivity index (χ1) is 16.3. The summed E-state index contributed by atoms with van der Waals surface area (Å²) in [6.07, 6.45) is 1.59. The number of ether oxygens (including phenoxy) is 1. The van der Waals surface area contributed by atoms with E-state index < -0.39 is 23.5 Å². The number of nitrogens with two attached hydrogens (primary N) is 1. The van der Waals surface area contributed by atoms with Crippen LogP contribution in [-0.4, -0.2) is 38.8 Å². The standard InChI is InChI=1S/C24H23N5O5/c1-3-24(33)17-8-19-20-15(10-29(19)22(31)16(17)11-34-23(24)32)14(9-26-28-21(30)12(2)25)13-6-4-5-7-18(13)27-20/h4-9,12,33H,3,10-11,25H2,1-2H3,(H,28,30)/b26-9+/t12?,24-/m0/s1. The second kappa shape index (κ2) is 7.86. The Balaban J connectivity index is 1.72. The molecule has 2 aliphatic rings. The van der Waals surface area contributed by atoms with E-state index in [1.807, 2.05) is 24.3 Å². The average molecular weight is 461 g/mol. The molecular formula is C24H23N5O5. The predicted molar refractivity (Wildman–Crippen MR) is 124 cm³/mol. The van der Waals surface area contributed by atoms with E-state index >= 15 is 0 Å². The van der Waals surface area contributed by atoms with Gasteiger partial charge in [-0.15, -0.1) is 0 Å². The van der Waals surface area contributed by atoms with Gasteiger partial charge in [0, 0.05) is 22.1 Å². The summed E-state index contributed by atoms with van der Waals surface area (Å²) in [5, 5.41) is 15.9. The molecule has 34 heavy (non-hydrogen) atoms. The molecule has 3 aromatic rings. The van der Waals surface area contributed by atoms with Gasteiger partial charge in [-0.3, -0.25) is 9.59 Å². The van der Waals surface area contributed by atoms with Crippen LogP contribution in [0.25, 0.3) is 22.3 Å². The number of pyridine rings is 2. The number of carbonyl (C=O) groups excluding carboxylic acids is 2. The van der Waals surface area contributed by atoms with Crippen LogP contribution < -0.4 is 16.7 Å². The molecule has 0 saturated heterocycles. The van der Waals surface area contributed by atoms with E-state index in [1.54, 1.807) is 24.5 Å². The Morgan fingerprint density at radius 1 is 1.38 bits per heavy atom. The quantitative estimate of drug-likeness (QED) is 0.232. The molecular weight excluding hydrogens is 438 g/mol. The van der Waals surface area contributed by atoms with Gasteiger partial charge in [0.1, 0.15) is 6.61 Å².